The number of amides is 3. The number of hydrogen-bond acceptors (Lipinski definition) is 2. The van der Waals surface area contributed by atoms with E-state index in [-0.39, 0.29) is 11.9 Å². The Morgan fingerprint density at radius 3 is 2.65 bits per heavy atom. The van der Waals surface area contributed by atoms with Gasteiger partial charge in [0.2, 0.25) is 0 Å². The fourth-order valence-electron chi connectivity index (χ4n) is 2.44. The van der Waals surface area contributed by atoms with E-state index in [1.54, 1.807) is 29.2 Å². The molecule has 2 N–H and O–H groups in total. The van der Waals surface area contributed by atoms with Gasteiger partial charge in [-0.1, -0.05) is 28.1 Å². The van der Waals surface area contributed by atoms with E-state index in [9.17, 15) is 9.59 Å². The Bertz CT molecular complexity index is 731. The smallest absolute Gasteiger partial charge is 0.321 e. The van der Waals surface area contributed by atoms with Gasteiger partial charge in [0, 0.05) is 35.4 Å². The van der Waals surface area contributed by atoms with Crippen molar-refractivity contribution in [3.05, 3.63) is 64.1 Å². The van der Waals surface area contributed by atoms with Crippen LogP contribution in [0.1, 0.15) is 15.9 Å². The summed E-state index contributed by atoms with van der Waals surface area (Å²) in [6.07, 6.45) is 0. The van der Waals surface area contributed by atoms with E-state index in [1.165, 1.54) is 0 Å². The average molecular weight is 374 g/mol. The van der Waals surface area contributed by atoms with Crippen LogP contribution in [-0.4, -0.2) is 25.0 Å². The summed E-state index contributed by atoms with van der Waals surface area (Å²) in [6, 6.07) is 14.7. The number of benzene rings is 2. The SMILES string of the molecule is O=C(NCc1cccc(Br)c1)c1ccc(N2CCNC2=O)cc1. The predicted molar refractivity (Wildman–Crippen MR) is 92.5 cm³/mol. The van der Waals surface area contributed by atoms with Gasteiger partial charge in [-0.3, -0.25) is 9.69 Å². The van der Waals surface area contributed by atoms with Crippen molar-refractivity contribution in [2.75, 3.05) is 18.0 Å². The zero-order valence-corrected chi connectivity index (χ0v) is 14.0. The van der Waals surface area contributed by atoms with Crippen LogP contribution in [0.3, 0.4) is 0 Å². The van der Waals surface area contributed by atoms with Crippen LogP contribution in [0.4, 0.5) is 10.5 Å². The number of nitrogens with one attached hydrogen (secondary N) is 2. The van der Waals surface area contributed by atoms with Crippen LogP contribution >= 0.6 is 15.9 Å². The molecule has 1 fully saturated rings. The molecule has 0 saturated carbocycles. The van der Waals surface area contributed by atoms with Gasteiger partial charge in [0.15, 0.2) is 0 Å². The molecule has 0 bridgehead atoms. The van der Waals surface area contributed by atoms with Crippen LogP contribution in [0.2, 0.25) is 0 Å². The van der Waals surface area contributed by atoms with Crippen LogP contribution in [0.5, 0.6) is 0 Å². The molecule has 5 nitrogen and oxygen atoms in total. The first-order valence-corrected chi connectivity index (χ1v) is 8.11. The van der Waals surface area contributed by atoms with Crippen molar-refractivity contribution in [1.82, 2.24) is 10.6 Å². The van der Waals surface area contributed by atoms with E-state index in [0.29, 0.717) is 25.2 Å². The van der Waals surface area contributed by atoms with E-state index in [1.807, 2.05) is 24.3 Å². The van der Waals surface area contributed by atoms with Crippen molar-refractivity contribution in [2.24, 2.45) is 0 Å². The molecule has 23 heavy (non-hydrogen) atoms. The second-order valence-corrected chi connectivity index (χ2v) is 6.16. The topological polar surface area (TPSA) is 61.4 Å². The Balaban J connectivity index is 1.62. The maximum absolute atomic E-state index is 12.2. The lowest BCUT2D eigenvalue weighted by molar-refractivity contribution is 0.0951. The zero-order valence-electron chi connectivity index (χ0n) is 12.4. The van der Waals surface area contributed by atoms with Gasteiger partial charge in [-0.25, -0.2) is 4.79 Å². The van der Waals surface area contributed by atoms with E-state index in [2.05, 4.69) is 26.6 Å². The van der Waals surface area contributed by atoms with E-state index in [4.69, 9.17) is 0 Å². The van der Waals surface area contributed by atoms with Crippen molar-refractivity contribution in [1.29, 1.82) is 0 Å². The Morgan fingerprint density at radius 2 is 2.00 bits per heavy atom. The summed E-state index contributed by atoms with van der Waals surface area (Å²) in [7, 11) is 0. The van der Waals surface area contributed by atoms with Crippen LogP contribution in [0, 0.1) is 0 Å². The molecule has 3 amide bonds. The van der Waals surface area contributed by atoms with Crippen LogP contribution in [0.25, 0.3) is 0 Å². The molecule has 0 atom stereocenters. The summed E-state index contributed by atoms with van der Waals surface area (Å²) in [4.78, 5) is 25.5. The quantitative estimate of drug-likeness (QED) is 0.865. The van der Waals surface area contributed by atoms with E-state index in [0.717, 1.165) is 15.7 Å². The molecule has 0 unspecified atom stereocenters. The minimum Gasteiger partial charge on any atom is -0.348 e. The number of hydrogen-bond donors (Lipinski definition) is 2. The number of urea groups is 1. The Kier molecular flexibility index (Phi) is 4.62. The van der Waals surface area contributed by atoms with Crippen molar-refractivity contribution in [3.8, 4) is 0 Å². The molecule has 2 aromatic carbocycles. The lowest BCUT2D eigenvalue weighted by Crippen LogP contribution is -2.27. The number of anilines is 1. The molecule has 0 aliphatic carbocycles. The largest absolute Gasteiger partial charge is 0.348 e. The van der Waals surface area contributed by atoms with Gasteiger partial charge in [0.25, 0.3) is 5.91 Å². The molecule has 6 heteroatoms. The van der Waals surface area contributed by atoms with Crippen molar-refractivity contribution in [3.63, 3.8) is 0 Å². The van der Waals surface area contributed by atoms with Gasteiger partial charge < -0.3 is 10.6 Å². The maximum atomic E-state index is 12.2. The highest BCUT2D eigenvalue weighted by atomic mass is 79.9. The minimum atomic E-state index is -0.137. The first-order valence-electron chi connectivity index (χ1n) is 7.31. The molecule has 1 aliphatic rings. The minimum absolute atomic E-state index is 0.100. The summed E-state index contributed by atoms with van der Waals surface area (Å²) in [5, 5.41) is 5.64. The van der Waals surface area contributed by atoms with Crippen molar-refractivity contribution < 1.29 is 9.59 Å². The van der Waals surface area contributed by atoms with Crippen LogP contribution < -0.4 is 15.5 Å². The van der Waals surface area contributed by atoms with E-state index < -0.39 is 0 Å². The van der Waals surface area contributed by atoms with Gasteiger partial charge in [0.1, 0.15) is 0 Å². The van der Waals surface area contributed by atoms with Gasteiger partial charge in [0.05, 0.1) is 0 Å². The fourth-order valence-corrected chi connectivity index (χ4v) is 2.89. The Labute approximate surface area is 142 Å². The highest BCUT2D eigenvalue weighted by Gasteiger charge is 2.21. The lowest BCUT2D eigenvalue weighted by Gasteiger charge is -2.14. The lowest BCUT2D eigenvalue weighted by atomic mass is 10.1. The molecular weight excluding hydrogens is 358 g/mol. The highest BCUT2D eigenvalue weighted by molar-refractivity contribution is 9.10. The molecule has 3 rings (SSSR count). The third kappa shape index (κ3) is 3.71. The van der Waals surface area contributed by atoms with Gasteiger partial charge in [-0.15, -0.1) is 0 Å². The summed E-state index contributed by atoms with van der Waals surface area (Å²) in [5.41, 5.74) is 2.39. The molecule has 0 aromatic heterocycles. The Hall–Kier alpha value is -2.34. The van der Waals surface area contributed by atoms with Crippen molar-refractivity contribution >= 4 is 33.6 Å². The molecule has 0 spiro atoms. The molecule has 1 aliphatic heterocycles. The number of rotatable bonds is 4. The second-order valence-electron chi connectivity index (χ2n) is 5.24. The standard InChI is InChI=1S/C17H16BrN3O2/c18-14-3-1-2-12(10-14)11-20-16(22)13-4-6-15(7-5-13)21-9-8-19-17(21)23/h1-7,10H,8-9,11H2,(H,19,23)(H,20,22). The first kappa shape index (κ1) is 15.6. The summed E-state index contributed by atoms with van der Waals surface area (Å²) >= 11 is 3.41. The molecular formula is C17H16BrN3O2. The third-order valence-corrected chi connectivity index (χ3v) is 4.13. The highest BCUT2D eigenvalue weighted by Crippen LogP contribution is 2.17. The summed E-state index contributed by atoms with van der Waals surface area (Å²) in [5.74, 6) is -0.137. The number of halogens is 1. The molecule has 2 aromatic rings. The monoisotopic (exact) mass is 373 g/mol. The number of carbonyl (C=O) groups is 2. The molecule has 118 valence electrons. The summed E-state index contributed by atoms with van der Waals surface area (Å²) < 4.78 is 0.984. The predicted octanol–water partition coefficient (Wildman–Crippen LogP) is 2.91. The zero-order chi connectivity index (χ0) is 16.2. The second kappa shape index (κ2) is 6.83. The third-order valence-electron chi connectivity index (χ3n) is 3.64. The number of nitrogens with zero attached hydrogens (tertiary/aromatic N) is 1. The normalized spacial score (nSPS) is 13.8. The van der Waals surface area contributed by atoms with E-state index >= 15 is 0 Å². The molecule has 0 radical (unpaired) electrons. The maximum Gasteiger partial charge on any atom is 0.321 e. The average Bonchev–Trinajstić information content (AvgIpc) is 2.99. The molecule has 1 heterocycles. The van der Waals surface area contributed by atoms with Crippen LogP contribution in [-0.2, 0) is 6.54 Å². The van der Waals surface area contributed by atoms with Crippen LogP contribution in [0.15, 0.2) is 53.0 Å². The van der Waals surface area contributed by atoms with Gasteiger partial charge in [-0.2, -0.15) is 0 Å². The van der Waals surface area contributed by atoms with Gasteiger partial charge in [-0.05, 0) is 42.0 Å². The van der Waals surface area contributed by atoms with Gasteiger partial charge >= 0.3 is 6.03 Å². The van der Waals surface area contributed by atoms with Crippen molar-refractivity contribution in [2.45, 2.75) is 6.54 Å². The summed E-state index contributed by atoms with van der Waals surface area (Å²) in [6.45, 7) is 1.76. The first-order chi connectivity index (χ1) is 11.1. The fraction of sp³-hybridized carbons (Fsp3) is 0.176. The molecule has 1 saturated heterocycles. The number of carbonyl (C=O) groups excluding carboxylic acids is 2. The Morgan fingerprint density at radius 1 is 1.22 bits per heavy atom.